The Morgan fingerprint density at radius 3 is 2.62 bits per heavy atom. The molecule has 1 aliphatic carbocycles. The summed E-state index contributed by atoms with van der Waals surface area (Å²) in [6.07, 6.45) is 7.23. The summed E-state index contributed by atoms with van der Waals surface area (Å²) in [4.78, 5) is 21.8. The number of hydrogen-bond donors (Lipinski definition) is 1. The van der Waals surface area contributed by atoms with Crippen molar-refractivity contribution in [2.24, 2.45) is 0 Å². The molecular formula is C23H20N4O2. The molecule has 1 amide bonds. The Labute approximate surface area is 168 Å². The topological polar surface area (TPSA) is 68.5 Å². The first-order valence-corrected chi connectivity index (χ1v) is 9.55. The highest BCUT2D eigenvalue weighted by atomic mass is 16.5. The van der Waals surface area contributed by atoms with E-state index >= 15 is 0 Å². The lowest BCUT2D eigenvalue weighted by molar-refractivity contribution is -0.118. The van der Waals surface area contributed by atoms with E-state index in [1.807, 2.05) is 71.4 Å². The molecule has 1 saturated carbocycles. The standard InChI is InChI=1S/C23H20N4O2/c1-29-20-6-3-2-5-18(20)23(11-12-23)21(28)25-17-9-7-16(8-10-17)19-15-27-14-4-13-24-22(27)26-19/h2-10,13-15H,11-12H2,1H3,(H,25,28). The number of hydrogen-bond acceptors (Lipinski definition) is 4. The molecule has 0 saturated heterocycles. The first-order valence-electron chi connectivity index (χ1n) is 9.55. The lowest BCUT2D eigenvalue weighted by atomic mass is 9.94. The molecule has 29 heavy (non-hydrogen) atoms. The van der Waals surface area contributed by atoms with Gasteiger partial charge in [-0.3, -0.25) is 9.20 Å². The maximum Gasteiger partial charge on any atom is 0.235 e. The SMILES string of the molecule is COc1ccccc1C1(C(=O)Nc2ccc(-c3cn4cccnc4n3)cc2)CC1. The molecule has 1 aliphatic rings. The molecule has 6 heteroatoms. The van der Waals surface area contributed by atoms with Crippen LogP contribution in [-0.4, -0.2) is 27.4 Å². The summed E-state index contributed by atoms with van der Waals surface area (Å²) >= 11 is 0. The van der Waals surface area contributed by atoms with Crippen molar-refractivity contribution in [3.8, 4) is 17.0 Å². The summed E-state index contributed by atoms with van der Waals surface area (Å²) in [5, 5.41) is 3.07. The Hall–Kier alpha value is -3.67. The second-order valence-electron chi connectivity index (χ2n) is 7.27. The number of carbonyl (C=O) groups excluding carboxylic acids is 1. The molecule has 0 aliphatic heterocycles. The number of nitrogens with zero attached hydrogens (tertiary/aromatic N) is 3. The lowest BCUT2D eigenvalue weighted by Crippen LogP contribution is -2.28. The third-order valence-corrected chi connectivity index (χ3v) is 5.48. The van der Waals surface area contributed by atoms with Gasteiger partial charge in [0, 0.05) is 35.4 Å². The molecule has 144 valence electrons. The van der Waals surface area contributed by atoms with Crippen molar-refractivity contribution in [2.45, 2.75) is 18.3 Å². The number of benzene rings is 2. The Kier molecular flexibility index (Phi) is 4.05. The van der Waals surface area contributed by atoms with Crippen molar-refractivity contribution in [1.29, 1.82) is 0 Å². The minimum Gasteiger partial charge on any atom is -0.496 e. The van der Waals surface area contributed by atoms with E-state index in [1.165, 1.54) is 0 Å². The number of methoxy groups -OCH3 is 1. The van der Waals surface area contributed by atoms with E-state index in [4.69, 9.17) is 4.74 Å². The van der Waals surface area contributed by atoms with Gasteiger partial charge in [0.05, 0.1) is 18.2 Å². The molecule has 0 spiro atoms. The van der Waals surface area contributed by atoms with Crippen LogP contribution < -0.4 is 10.1 Å². The van der Waals surface area contributed by atoms with Crippen molar-refractivity contribution >= 4 is 17.4 Å². The third kappa shape index (κ3) is 3.02. The fourth-order valence-electron chi connectivity index (χ4n) is 3.73. The van der Waals surface area contributed by atoms with Gasteiger partial charge in [0.2, 0.25) is 11.7 Å². The maximum absolute atomic E-state index is 13.0. The number of nitrogens with one attached hydrogen (secondary N) is 1. The first-order chi connectivity index (χ1) is 14.2. The van der Waals surface area contributed by atoms with E-state index in [-0.39, 0.29) is 5.91 Å². The molecule has 0 unspecified atom stereocenters. The van der Waals surface area contributed by atoms with Crippen LogP contribution in [0.2, 0.25) is 0 Å². The molecule has 6 nitrogen and oxygen atoms in total. The van der Waals surface area contributed by atoms with Crippen LogP contribution in [0.4, 0.5) is 5.69 Å². The molecule has 0 atom stereocenters. The van der Waals surface area contributed by atoms with Gasteiger partial charge in [0.25, 0.3) is 0 Å². The van der Waals surface area contributed by atoms with Gasteiger partial charge in [0.15, 0.2) is 0 Å². The molecule has 2 aromatic carbocycles. The summed E-state index contributed by atoms with van der Waals surface area (Å²) in [7, 11) is 1.64. The third-order valence-electron chi connectivity index (χ3n) is 5.48. The zero-order valence-electron chi connectivity index (χ0n) is 16.0. The average Bonchev–Trinajstić information content (AvgIpc) is 3.46. The van der Waals surface area contributed by atoms with Gasteiger partial charge >= 0.3 is 0 Å². The van der Waals surface area contributed by atoms with E-state index in [2.05, 4.69) is 15.3 Å². The van der Waals surface area contributed by atoms with Crippen LogP contribution in [-0.2, 0) is 10.2 Å². The van der Waals surface area contributed by atoms with Crippen LogP contribution >= 0.6 is 0 Å². The van der Waals surface area contributed by atoms with Gasteiger partial charge in [-0.1, -0.05) is 30.3 Å². The number of imidazole rings is 1. The maximum atomic E-state index is 13.0. The number of aromatic nitrogens is 3. The first kappa shape index (κ1) is 17.4. The number of para-hydroxylation sites is 1. The molecule has 0 bridgehead atoms. The van der Waals surface area contributed by atoms with E-state index < -0.39 is 5.41 Å². The molecular weight excluding hydrogens is 364 g/mol. The van der Waals surface area contributed by atoms with Crippen LogP contribution in [0, 0.1) is 0 Å². The van der Waals surface area contributed by atoms with Crippen molar-refractivity contribution in [2.75, 3.05) is 12.4 Å². The summed E-state index contributed by atoms with van der Waals surface area (Å²) < 4.78 is 7.35. The van der Waals surface area contributed by atoms with Gasteiger partial charge < -0.3 is 10.1 Å². The predicted molar refractivity (Wildman–Crippen MR) is 111 cm³/mol. The molecule has 0 radical (unpaired) electrons. The highest BCUT2D eigenvalue weighted by Gasteiger charge is 2.52. The quantitative estimate of drug-likeness (QED) is 0.563. The van der Waals surface area contributed by atoms with E-state index in [9.17, 15) is 4.79 Å². The lowest BCUT2D eigenvalue weighted by Gasteiger charge is -2.18. The van der Waals surface area contributed by atoms with Crippen LogP contribution in [0.25, 0.3) is 17.0 Å². The van der Waals surface area contributed by atoms with Gasteiger partial charge in [-0.2, -0.15) is 0 Å². The minimum atomic E-state index is -0.501. The summed E-state index contributed by atoms with van der Waals surface area (Å²) in [6, 6.07) is 17.3. The fourth-order valence-corrected chi connectivity index (χ4v) is 3.73. The second kappa shape index (κ2) is 6.74. The molecule has 5 rings (SSSR count). The Balaban J connectivity index is 1.36. The molecule has 2 heterocycles. The molecule has 1 N–H and O–H groups in total. The van der Waals surface area contributed by atoms with Gasteiger partial charge in [-0.25, -0.2) is 9.97 Å². The number of ether oxygens (including phenoxy) is 1. The van der Waals surface area contributed by atoms with E-state index in [1.54, 1.807) is 13.3 Å². The van der Waals surface area contributed by atoms with Crippen molar-refractivity contribution < 1.29 is 9.53 Å². The summed E-state index contributed by atoms with van der Waals surface area (Å²) in [6.45, 7) is 0. The van der Waals surface area contributed by atoms with Crippen LogP contribution in [0.1, 0.15) is 18.4 Å². The second-order valence-corrected chi connectivity index (χ2v) is 7.27. The zero-order valence-corrected chi connectivity index (χ0v) is 16.0. The highest BCUT2D eigenvalue weighted by Crippen LogP contribution is 2.52. The average molecular weight is 384 g/mol. The highest BCUT2D eigenvalue weighted by molar-refractivity contribution is 6.02. The monoisotopic (exact) mass is 384 g/mol. The van der Waals surface area contributed by atoms with Gasteiger partial charge in [-0.05, 0) is 37.1 Å². The largest absolute Gasteiger partial charge is 0.496 e. The molecule has 1 fully saturated rings. The molecule has 4 aromatic rings. The number of amides is 1. The van der Waals surface area contributed by atoms with Crippen LogP contribution in [0.5, 0.6) is 5.75 Å². The minimum absolute atomic E-state index is 0.00619. The Bertz CT molecular complexity index is 1160. The van der Waals surface area contributed by atoms with Gasteiger partial charge in [0.1, 0.15) is 5.75 Å². The fraction of sp³-hybridized carbons (Fsp3) is 0.174. The predicted octanol–water partition coefficient (Wildman–Crippen LogP) is 4.08. The van der Waals surface area contributed by atoms with Crippen molar-refractivity contribution in [1.82, 2.24) is 14.4 Å². The number of fused-ring (bicyclic) bond motifs is 1. The molecule has 2 aromatic heterocycles. The summed E-state index contributed by atoms with van der Waals surface area (Å²) in [5.41, 5.74) is 3.03. The van der Waals surface area contributed by atoms with Crippen LogP contribution in [0.3, 0.4) is 0 Å². The van der Waals surface area contributed by atoms with Crippen molar-refractivity contribution in [3.05, 3.63) is 78.8 Å². The Morgan fingerprint density at radius 2 is 1.90 bits per heavy atom. The number of carbonyl (C=O) groups is 1. The normalized spacial score (nSPS) is 14.5. The summed E-state index contributed by atoms with van der Waals surface area (Å²) in [5.74, 6) is 1.43. The number of anilines is 1. The van der Waals surface area contributed by atoms with E-state index in [0.29, 0.717) is 5.78 Å². The Morgan fingerprint density at radius 1 is 1.10 bits per heavy atom. The smallest absolute Gasteiger partial charge is 0.235 e. The van der Waals surface area contributed by atoms with Crippen molar-refractivity contribution in [3.63, 3.8) is 0 Å². The van der Waals surface area contributed by atoms with Gasteiger partial charge in [-0.15, -0.1) is 0 Å². The van der Waals surface area contributed by atoms with E-state index in [0.717, 1.165) is 41.1 Å². The number of rotatable bonds is 5. The zero-order chi connectivity index (χ0) is 19.8. The van der Waals surface area contributed by atoms with Crippen LogP contribution in [0.15, 0.2) is 73.2 Å².